The molecule has 0 amide bonds. The quantitative estimate of drug-likeness (QED) is 0.284. The number of hydrogen-bond donors (Lipinski definition) is 0. The molecule has 0 saturated carbocycles. The Bertz CT molecular complexity index is 234. The third kappa shape index (κ3) is 997. The van der Waals surface area contributed by atoms with Crippen molar-refractivity contribution in [3.63, 3.8) is 0 Å². The van der Waals surface area contributed by atoms with E-state index in [1.54, 1.807) is 0 Å². The largest absolute Gasteiger partial charge is 3.00 e. The monoisotopic (exact) mass is 589 g/mol. The van der Waals surface area contributed by atoms with Gasteiger partial charge in [-0.25, -0.2) is 0 Å². The van der Waals surface area contributed by atoms with Gasteiger partial charge in [-0.3, -0.25) is 0 Å². The van der Waals surface area contributed by atoms with E-state index in [9.17, 15) is 0 Å². The number of rotatable bonds is 0. The fourth-order valence-corrected chi connectivity index (χ4v) is 0. The van der Waals surface area contributed by atoms with E-state index in [1.807, 2.05) is 0 Å². The molecule has 0 unspecified atom stereocenters. The van der Waals surface area contributed by atoms with Crippen LogP contribution in [0, 0.1) is 142 Å². The molecule has 12 nitrogen and oxygen atoms in total. The van der Waals surface area contributed by atoms with Crippen molar-refractivity contribution >= 4 is 0 Å². The average Bonchev–Trinajstić information content (AvgIpc) is 2.84. The van der Waals surface area contributed by atoms with Crippen molar-refractivity contribution in [1.29, 1.82) is 63.1 Å². The van der Waals surface area contributed by atoms with Gasteiger partial charge in [0.1, 0.15) is 0 Å². The molecule has 0 heterocycles. The molecule has 0 spiro atoms. The second-order valence-electron chi connectivity index (χ2n) is 0. The van der Waals surface area contributed by atoms with Gasteiger partial charge in [-0.05, 0) is 0 Å². The van der Waals surface area contributed by atoms with Crippen LogP contribution < -0.4 is 0 Å². The maximum atomic E-state index is 6.25. The zero-order valence-corrected chi connectivity index (χ0v) is 19.0. The maximum Gasteiger partial charge on any atom is 3.00 e. The molecule has 0 aliphatic carbocycles. The van der Waals surface area contributed by atoms with Gasteiger partial charge in [0.15, 0.2) is 0 Å². The molecule has 0 aliphatic heterocycles. The summed E-state index contributed by atoms with van der Waals surface area (Å²) in [6, 6.07) is 0. The first-order valence-electron chi connectivity index (χ1n) is 2.68. The van der Waals surface area contributed by atoms with Crippen LogP contribution >= 0.6 is 0 Å². The van der Waals surface area contributed by atoms with Gasteiger partial charge in [-0.1, -0.05) is 0 Å². The average molecular weight is 589 g/mol. The predicted octanol–water partition coefficient (Wildman–Crippen LogP) is 1.14. The zero-order chi connectivity index (χ0) is 24.0. The molecular formula is C12Fe2Mn3N12. The summed E-state index contributed by atoms with van der Waals surface area (Å²) in [6.45, 7) is 57.0. The number of hydrogen-bond acceptors (Lipinski definition) is 12. The Morgan fingerprint density at radius 1 is 0.172 bits per heavy atom. The SMILES string of the molecule is [C-]#N.[C-]#N.[C-]#N.[C-]#N.[C-]#N.[C-]#N.[C-]#N.[C-]#N.[C-]#N.[C-]#N.[C-]#N.[C-]#N.[Fe+3].[Fe+3].[Mn+2].[Mn+2].[Mn+2]. The van der Waals surface area contributed by atoms with Gasteiger partial charge in [-0.15, -0.1) is 0 Å². The van der Waals surface area contributed by atoms with Gasteiger partial charge in [0, 0.05) is 0 Å². The predicted molar refractivity (Wildman–Crippen MR) is 59.6 cm³/mol. The Kier molecular flexibility index (Phi) is 7960. The van der Waals surface area contributed by atoms with Gasteiger partial charge in [0.05, 0.1) is 0 Å². The van der Waals surface area contributed by atoms with Crippen LogP contribution in [0.15, 0.2) is 0 Å². The summed E-state index contributed by atoms with van der Waals surface area (Å²) >= 11 is 0. The molecule has 0 atom stereocenters. The van der Waals surface area contributed by atoms with Gasteiger partial charge < -0.3 is 142 Å². The first-order valence-corrected chi connectivity index (χ1v) is 2.68. The molecule has 29 heavy (non-hydrogen) atoms. The summed E-state index contributed by atoms with van der Waals surface area (Å²) in [5, 5.41) is 75.0. The van der Waals surface area contributed by atoms with E-state index in [0.717, 1.165) is 0 Å². The van der Waals surface area contributed by atoms with E-state index in [1.165, 1.54) is 0 Å². The van der Waals surface area contributed by atoms with E-state index in [0.29, 0.717) is 0 Å². The standard InChI is InChI=1S/12CN.2Fe.3Mn/c12*1-2;;;;;/q12*-1;2*+3;3*+2. The molecule has 0 fully saturated rings. The Hall–Kier alpha value is -3.52. The first kappa shape index (κ1) is 212. The van der Waals surface area contributed by atoms with Crippen LogP contribution in [-0.4, -0.2) is 0 Å². The minimum atomic E-state index is 0. The van der Waals surface area contributed by atoms with Crippen molar-refractivity contribution in [2.75, 3.05) is 0 Å². The van der Waals surface area contributed by atoms with Gasteiger partial charge in [-0.2, -0.15) is 0 Å². The Morgan fingerprint density at radius 2 is 0.172 bits per heavy atom. The molecule has 0 aromatic heterocycles. The zero-order valence-electron chi connectivity index (χ0n) is 13.2. The molecule has 5 radical (unpaired) electrons. The van der Waals surface area contributed by atoms with Crippen molar-refractivity contribution in [1.82, 2.24) is 0 Å². The van der Waals surface area contributed by atoms with Crippen molar-refractivity contribution in [2.24, 2.45) is 0 Å². The van der Waals surface area contributed by atoms with Gasteiger partial charge in [0.2, 0.25) is 0 Å². The molecule has 0 aromatic carbocycles. The number of nitrogens with zero attached hydrogens (tertiary/aromatic N) is 12. The molecule has 145 valence electrons. The van der Waals surface area contributed by atoms with Crippen LogP contribution in [0.5, 0.6) is 0 Å². The van der Waals surface area contributed by atoms with Gasteiger partial charge in [0.25, 0.3) is 0 Å². The Balaban J connectivity index is -0.00000000356. The summed E-state index contributed by atoms with van der Waals surface area (Å²) in [5.41, 5.74) is 0. The molecule has 0 aromatic rings. The smallest absolute Gasteiger partial charge is 0.512 e. The van der Waals surface area contributed by atoms with Crippen molar-refractivity contribution in [3.05, 3.63) is 78.9 Å². The summed E-state index contributed by atoms with van der Waals surface area (Å²) in [5.74, 6) is 0. The van der Waals surface area contributed by atoms with Crippen molar-refractivity contribution < 1.29 is 85.3 Å². The second-order valence-corrected chi connectivity index (χ2v) is 0. The van der Waals surface area contributed by atoms with Crippen LogP contribution in [0.25, 0.3) is 0 Å². The maximum absolute atomic E-state index is 6.25. The third-order valence-corrected chi connectivity index (χ3v) is 0. The topological polar surface area (TPSA) is 285 Å². The van der Waals surface area contributed by atoms with E-state index in [-0.39, 0.29) is 85.3 Å². The van der Waals surface area contributed by atoms with E-state index in [2.05, 4.69) is 0 Å². The minimum absolute atomic E-state index is 0. The minimum Gasteiger partial charge on any atom is -0.512 e. The summed E-state index contributed by atoms with van der Waals surface area (Å²) in [7, 11) is 0. The fourth-order valence-electron chi connectivity index (χ4n) is 0. The molecular weight excluding hydrogens is 589 g/mol. The Labute approximate surface area is 226 Å². The first-order chi connectivity index (χ1) is 12.0. The fraction of sp³-hybridized carbons (Fsp3) is 0. The molecule has 0 bridgehead atoms. The van der Waals surface area contributed by atoms with Crippen LogP contribution in [0.2, 0.25) is 0 Å². The van der Waals surface area contributed by atoms with Crippen LogP contribution in [0.4, 0.5) is 0 Å². The van der Waals surface area contributed by atoms with Crippen molar-refractivity contribution in [3.8, 4) is 0 Å². The van der Waals surface area contributed by atoms with Crippen LogP contribution in [0.1, 0.15) is 0 Å². The second kappa shape index (κ2) is 1090. The molecule has 0 N–H and O–H groups in total. The van der Waals surface area contributed by atoms with E-state index in [4.69, 9.17) is 142 Å². The van der Waals surface area contributed by atoms with Crippen molar-refractivity contribution in [2.45, 2.75) is 0 Å². The molecule has 0 rings (SSSR count). The third-order valence-electron chi connectivity index (χ3n) is 0. The summed E-state index contributed by atoms with van der Waals surface area (Å²) in [4.78, 5) is 0. The Morgan fingerprint density at radius 3 is 0.172 bits per heavy atom. The van der Waals surface area contributed by atoms with Gasteiger partial charge >= 0.3 is 85.3 Å². The van der Waals surface area contributed by atoms with E-state index >= 15 is 0 Å². The van der Waals surface area contributed by atoms with E-state index < -0.39 is 0 Å². The summed E-state index contributed by atoms with van der Waals surface area (Å²) in [6.07, 6.45) is 0. The molecule has 0 saturated heterocycles. The van der Waals surface area contributed by atoms with Crippen LogP contribution in [0.3, 0.4) is 0 Å². The molecule has 17 heteroatoms. The van der Waals surface area contributed by atoms with Crippen LogP contribution in [-0.2, 0) is 85.3 Å². The summed E-state index contributed by atoms with van der Waals surface area (Å²) < 4.78 is 0. The normalized spacial score (nSPS) is 0.828. The molecule has 0 aliphatic rings.